The number of hydrogen-bond acceptors (Lipinski definition) is 2. The Hall–Kier alpha value is -1.29. The predicted molar refractivity (Wildman–Crippen MR) is 61.0 cm³/mol. The standard InChI is InChI=1S/C13H16F2O2/c1-3-5-12(17-4-2)13(16)10-7-6-9(14)8-11(10)15/h6-8,12H,3-5H2,1-2H3. The zero-order chi connectivity index (χ0) is 12.8. The van der Waals surface area contributed by atoms with E-state index in [9.17, 15) is 13.6 Å². The van der Waals surface area contributed by atoms with Crippen LogP contribution in [0.3, 0.4) is 0 Å². The van der Waals surface area contributed by atoms with Gasteiger partial charge in [0.05, 0.1) is 5.56 Å². The second-order valence-electron chi connectivity index (χ2n) is 3.72. The van der Waals surface area contributed by atoms with Gasteiger partial charge in [0.25, 0.3) is 0 Å². The molecule has 1 rings (SSSR count). The summed E-state index contributed by atoms with van der Waals surface area (Å²) in [6.07, 6.45) is 0.646. The molecule has 94 valence electrons. The Labute approximate surface area is 99.6 Å². The Kier molecular flexibility index (Phi) is 5.22. The normalized spacial score (nSPS) is 12.5. The van der Waals surface area contributed by atoms with Crippen molar-refractivity contribution in [3.63, 3.8) is 0 Å². The molecule has 1 aromatic rings. The van der Waals surface area contributed by atoms with Crippen molar-refractivity contribution in [3.8, 4) is 0 Å². The van der Waals surface area contributed by atoms with Gasteiger partial charge in [0.15, 0.2) is 5.78 Å². The van der Waals surface area contributed by atoms with Crippen molar-refractivity contribution in [2.24, 2.45) is 0 Å². The van der Waals surface area contributed by atoms with Gasteiger partial charge in [-0.3, -0.25) is 4.79 Å². The first-order chi connectivity index (χ1) is 8.10. The molecule has 0 fully saturated rings. The van der Waals surface area contributed by atoms with E-state index in [0.717, 1.165) is 18.6 Å². The molecule has 0 amide bonds. The van der Waals surface area contributed by atoms with E-state index >= 15 is 0 Å². The lowest BCUT2D eigenvalue weighted by atomic mass is 10.0. The summed E-state index contributed by atoms with van der Waals surface area (Å²) in [6, 6.07) is 2.95. The number of benzene rings is 1. The fourth-order valence-electron chi connectivity index (χ4n) is 1.62. The summed E-state index contributed by atoms with van der Waals surface area (Å²) < 4.78 is 31.4. The highest BCUT2D eigenvalue weighted by molar-refractivity contribution is 5.99. The summed E-state index contributed by atoms with van der Waals surface area (Å²) in [7, 11) is 0. The van der Waals surface area contributed by atoms with Crippen molar-refractivity contribution in [3.05, 3.63) is 35.4 Å². The van der Waals surface area contributed by atoms with E-state index in [0.29, 0.717) is 19.1 Å². The van der Waals surface area contributed by atoms with E-state index in [1.54, 1.807) is 6.92 Å². The highest BCUT2D eigenvalue weighted by Crippen LogP contribution is 2.15. The second-order valence-corrected chi connectivity index (χ2v) is 3.72. The number of hydrogen-bond donors (Lipinski definition) is 0. The van der Waals surface area contributed by atoms with Gasteiger partial charge in [-0.25, -0.2) is 8.78 Å². The zero-order valence-electron chi connectivity index (χ0n) is 10.0. The van der Waals surface area contributed by atoms with Crippen LogP contribution in [0.2, 0.25) is 0 Å². The molecule has 0 aromatic heterocycles. The maximum atomic E-state index is 13.4. The third-order valence-electron chi connectivity index (χ3n) is 2.41. The molecule has 17 heavy (non-hydrogen) atoms. The van der Waals surface area contributed by atoms with Crippen LogP contribution in [0, 0.1) is 11.6 Å². The molecule has 0 N–H and O–H groups in total. The zero-order valence-corrected chi connectivity index (χ0v) is 10.0. The maximum Gasteiger partial charge on any atom is 0.194 e. The summed E-state index contributed by atoms with van der Waals surface area (Å²) in [5, 5.41) is 0. The fraction of sp³-hybridized carbons (Fsp3) is 0.462. The monoisotopic (exact) mass is 242 g/mol. The lowest BCUT2D eigenvalue weighted by Gasteiger charge is -2.15. The number of Topliss-reactive ketones (excluding diaryl/α,β-unsaturated/α-hetero) is 1. The van der Waals surface area contributed by atoms with E-state index in [4.69, 9.17) is 4.74 Å². The molecule has 1 atom stereocenters. The van der Waals surface area contributed by atoms with Crippen LogP contribution in [0.1, 0.15) is 37.0 Å². The number of halogens is 2. The molecule has 4 heteroatoms. The van der Waals surface area contributed by atoms with Gasteiger partial charge in [-0.1, -0.05) is 13.3 Å². The van der Waals surface area contributed by atoms with E-state index in [-0.39, 0.29) is 5.56 Å². The highest BCUT2D eigenvalue weighted by atomic mass is 19.1. The van der Waals surface area contributed by atoms with Crippen LogP contribution < -0.4 is 0 Å². The summed E-state index contributed by atoms with van der Waals surface area (Å²) >= 11 is 0. The fourth-order valence-corrected chi connectivity index (χ4v) is 1.62. The Morgan fingerprint density at radius 3 is 2.59 bits per heavy atom. The van der Waals surface area contributed by atoms with Crippen LogP contribution >= 0.6 is 0 Å². The Balaban J connectivity index is 2.92. The molecular weight excluding hydrogens is 226 g/mol. The first-order valence-electron chi connectivity index (χ1n) is 5.71. The van der Waals surface area contributed by atoms with Crippen LogP contribution in [0.15, 0.2) is 18.2 Å². The molecule has 1 aromatic carbocycles. The third kappa shape index (κ3) is 3.60. The first kappa shape index (κ1) is 13.8. The number of rotatable bonds is 6. The van der Waals surface area contributed by atoms with Gasteiger partial charge in [0.1, 0.15) is 17.7 Å². The number of ether oxygens (including phenoxy) is 1. The van der Waals surface area contributed by atoms with E-state index < -0.39 is 23.5 Å². The van der Waals surface area contributed by atoms with Crippen LogP contribution in [-0.2, 0) is 4.74 Å². The molecule has 0 aliphatic heterocycles. The van der Waals surface area contributed by atoms with Crippen molar-refractivity contribution in [1.29, 1.82) is 0 Å². The molecular formula is C13H16F2O2. The third-order valence-corrected chi connectivity index (χ3v) is 2.41. The quantitative estimate of drug-likeness (QED) is 0.715. The minimum absolute atomic E-state index is 0.113. The molecule has 0 aliphatic rings. The Bertz CT molecular complexity index is 385. The summed E-state index contributed by atoms with van der Waals surface area (Å²) in [6.45, 7) is 4.08. The predicted octanol–water partition coefficient (Wildman–Crippen LogP) is 3.35. The minimum Gasteiger partial charge on any atom is -0.370 e. The molecule has 0 radical (unpaired) electrons. The molecule has 0 bridgehead atoms. The topological polar surface area (TPSA) is 26.3 Å². The van der Waals surface area contributed by atoms with Crippen LogP contribution in [-0.4, -0.2) is 18.5 Å². The molecule has 2 nitrogen and oxygen atoms in total. The molecule has 0 heterocycles. The second kappa shape index (κ2) is 6.45. The lowest BCUT2D eigenvalue weighted by molar-refractivity contribution is 0.0419. The van der Waals surface area contributed by atoms with Gasteiger partial charge in [0.2, 0.25) is 0 Å². The van der Waals surface area contributed by atoms with Crippen molar-refractivity contribution in [2.45, 2.75) is 32.8 Å². The van der Waals surface area contributed by atoms with Crippen LogP contribution in [0.5, 0.6) is 0 Å². The van der Waals surface area contributed by atoms with Gasteiger partial charge in [0, 0.05) is 12.7 Å². The maximum absolute atomic E-state index is 13.4. The molecule has 0 aliphatic carbocycles. The van der Waals surface area contributed by atoms with E-state index in [1.807, 2.05) is 6.92 Å². The largest absolute Gasteiger partial charge is 0.370 e. The SMILES string of the molecule is CCCC(OCC)C(=O)c1ccc(F)cc1F. The molecule has 1 unspecified atom stereocenters. The summed E-state index contributed by atoms with van der Waals surface area (Å²) in [4.78, 5) is 12.0. The van der Waals surface area contributed by atoms with Crippen molar-refractivity contribution in [1.82, 2.24) is 0 Å². The number of ketones is 1. The Morgan fingerprint density at radius 2 is 2.06 bits per heavy atom. The van der Waals surface area contributed by atoms with Crippen molar-refractivity contribution < 1.29 is 18.3 Å². The molecule has 0 saturated carbocycles. The van der Waals surface area contributed by atoms with Gasteiger partial charge >= 0.3 is 0 Å². The highest BCUT2D eigenvalue weighted by Gasteiger charge is 2.22. The van der Waals surface area contributed by atoms with Crippen molar-refractivity contribution in [2.75, 3.05) is 6.61 Å². The van der Waals surface area contributed by atoms with Crippen LogP contribution in [0.25, 0.3) is 0 Å². The number of carbonyl (C=O) groups excluding carboxylic acids is 1. The average molecular weight is 242 g/mol. The number of carbonyl (C=O) groups is 1. The van der Waals surface area contributed by atoms with E-state index in [2.05, 4.69) is 0 Å². The molecule has 0 saturated heterocycles. The summed E-state index contributed by atoms with van der Waals surface area (Å²) in [5.74, 6) is -1.95. The first-order valence-corrected chi connectivity index (χ1v) is 5.71. The van der Waals surface area contributed by atoms with Gasteiger partial charge in [-0.05, 0) is 25.5 Å². The smallest absolute Gasteiger partial charge is 0.194 e. The van der Waals surface area contributed by atoms with Gasteiger partial charge < -0.3 is 4.74 Å². The Morgan fingerprint density at radius 1 is 1.35 bits per heavy atom. The van der Waals surface area contributed by atoms with Crippen LogP contribution in [0.4, 0.5) is 8.78 Å². The summed E-state index contributed by atoms with van der Waals surface area (Å²) in [5.41, 5.74) is -0.113. The minimum atomic E-state index is -0.837. The van der Waals surface area contributed by atoms with E-state index in [1.165, 1.54) is 0 Å². The average Bonchev–Trinajstić information content (AvgIpc) is 2.28. The van der Waals surface area contributed by atoms with Gasteiger partial charge in [-0.2, -0.15) is 0 Å². The van der Waals surface area contributed by atoms with Crippen molar-refractivity contribution >= 4 is 5.78 Å². The molecule has 0 spiro atoms. The van der Waals surface area contributed by atoms with Gasteiger partial charge in [-0.15, -0.1) is 0 Å². The lowest BCUT2D eigenvalue weighted by Crippen LogP contribution is -2.25.